The third kappa shape index (κ3) is 4.37. The van der Waals surface area contributed by atoms with Crippen molar-refractivity contribution >= 4 is 23.1 Å². The zero-order valence-corrected chi connectivity index (χ0v) is 16.8. The van der Waals surface area contributed by atoms with E-state index in [-0.39, 0.29) is 5.91 Å². The highest BCUT2D eigenvalue weighted by molar-refractivity contribution is 6.03. The van der Waals surface area contributed by atoms with E-state index in [0.717, 1.165) is 54.5 Å². The molecule has 6 heteroatoms. The van der Waals surface area contributed by atoms with E-state index in [0.29, 0.717) is 5.69 Å². The van der Waals surface area contributed by atoms with Crippen molar-refractivity contribution in [3.8, 4) is 0 Å². The van der Waals surface area contributed by atoms with Gasteiger partial charge >= 0.3 is 0 Å². The van der Waals surface area contributed by atoms with Crippen LogP contribution in [0.15, 0.2) is 60.9 Å². The van der Waals surface area contributed by atoms with Crippen molar-refractivity contribution in [1.29, 1.82) is 0 Å². The lowest BCUT2D eigenvalue weighted by Crippen LogP contribution is -2.46. The van der Waals surface area contributed by atoms with Gasteiger partial charge in [-0.3, -0.25) is 4.79 Å². The number of nitrogens with one attached hydrogen (secondary N) is 1. The minimum atomic E-state index is -0.190. The molecule has 1 aliphatic heterocycles. The Morgan fingerprint density at radius 3 is 2.41 bits per heavy atom. The Morgan fingerprint density at radius 2 is 1.72 bits per heavy atom. The molecule has 148 valence electrons. The normalized spacial score (nSPS) is 14.0. The minimum Gasteiger partial charge on any atom is -0.367 e. The smallest absolute Gasteiger partial charge is 0.274 e. The number of carbonyl (C=O) groups excluding carboxylic acids is 1. The Balaban J connectivity index is 1.38. The number of rotatable bonds is 4. The molecule has 0 radical (unpaired) electrons. The molecule has 0 saturated carbocycles. The molecule has 3 aromatic rings. The van der Waals surface area contributed by atoms with Gasteiger partial charge in [0.15, 0.2) is 0 Å². The molecule has 1 fully saturated rings. The van der Waals surface area contributed by atoms with E-state index in [1.54, 1.807) is 12.3 Å². The number of anilines is 3. The van der Waals surface area contributed by atoms with Crippen LogP contribution in [0, 0.1) is 13.8 Å². The van der Waals surface area contributed by atoms with Crippen molar-refractivity contribution in [3.05, 3.63) is 77.7 Å². The van der Waals surface area contributed by atoms with Crippen LogP contribution in [0.5, 0.6) is 0 Å². The third-order valence-electron chi connectivity index (χ3n) is 5.24. The van der Waals surface area contributed by atoms with Gasteiger partial charge in [-0.15, -0.1) is 0 Å². The molecule has 3 heterocycles. The van der Waals surface area contributed by atoms with Crippen LogP contribution in [-0.2, 0) is 0 Å². The van der Waals surface area contributed by atoms with Crippen molar-refractivity contribution in [2.45, 2.75) is 13.8 Å². The van der Waals surface area contributed by atoms with Crippen LogP contribution in [0.1, 0.15) is 21.6 Å². The van der Waals surface area contributed by atoms with Gasteiger partial charge in [-0.25, -0.2) is 9.97 Å². The van der Waals surface area contributed by atoms with Crippen molar-refractivity contribution in [2.24, 2.45) is 0 Å². The molecule has 0 atom stereocenters. The van der Waals surface area contributed by atoms with Crippen LogP contribution in [0.3, 0.4) is 0 Å². The average Bonchev–Trinajstić information content (AvgIpc) is 2.77. The monoisotopic (exact) mass is 387 g/mol. The summed E-state index contributed by atoms with van der Waals surface area (Å²) in [6.45, 7) is 7.60. The number of hydrogen-bond acceptors (Lipinski definition) is 5. The molecule has 29 heavy (non-hydrogen) atoms. The fraction of sp³-hybridized carbons (Fsp3) is 0.261. The van der Waals surface area contributed by atoms with Crippen molar-refractivity contribution < 1.29 is 4.79 Å². The molecule has 0 unspecified atom stereocenters. The van der Waals surface area contributed by atoms with E-state index in [4.69, 9.17) is 0 Å². The molecule has 2 aromatic heterocycles. The van der Waals surface area contributed by atoms with Crippen LogP contribution in [0.4, 0.5) is 17.2 Å². The highest BCUT2D eigenvalue weighted by atomic mass is 16.1. The van der Waals surface area contributed by atoms with E-state index in [2.05, 4.69) is 25.1 Å². The quantitative estimate of drug-likeness (QED) is 0.740. The zero-order valence-electron chi connectivity index (χ0n) is 16.8. The second kappa shape index (κ2) is 8.31. The second-order valence-corrected chi connectivity index (χ2v) is 7.34. The highest BCUT2D eigenvalue weighted by Crippen LogP contribution is 2.20. The predicted molar refractivity (Wildman–Crippen MR) is 117 cm³/mol. The third-order valence-corrected chi connectivity index (χ3v) is 5.24. The van der Waals surface area contributed by atoms with Gasteiger partial charge in [0.05, 0.1) is 11.9 Å². The van der Waals surface area contributed by atoms with Gasteiger partial charge in [0, 0.05) is 38.1 Å². The van der Waals surface area contributed by atoms with Crippen LogP contribution in [0.2, 0.25) is 0 Å². The van der Waals surface area contributed by atoms with Gasteiger partial charge in [-0.05, 0) is 55.3 Å². The Morgan fingerprint density at radius 1 is 0.931 bits per heavy atom. The van der Waals surface area contributed by atoms with Crippen LogP contribution < -0.4 is 15.1 Å². The maximum absolute atomic E-state index is 12.6. The molecule has 4 rings (SSSR count). The number of aryl methyl sites for hydroxylation is 2. The largest absolute Gasteiger partial charge is 0.367 e. The zero-order chi connectivity index (χ0) is 20.2. The summed E-state index contributed by atoms with van der Waals surface area (Å²) in [5.41, 5.74) is 4.42. The van der Waals surface area contributed by atoms with E-state index >= 15 is 0 Å². The number of amides is 1. The fourth-order valence-electron chi connectivity index (χ4n) is 3.50. The summed E-state index contributed by atoms with van der Waals surface area (Å²) in [6, 6.07) is 15.8. The van der Waals surface area contributed by atoms with Crippen molar-refractivity contribution in [1.82, 2.24) is 9.97 Å². The minimum absolute atomic E-state index is 0.190. The molecule has 1 amide bonds. The summed E-state index contributed by atoms with van der Waals surface area (Å²) in [5.74, 6) is 0.828. The van der Waals surface area contributed by atoms with Crippen LogP contribution in [-0.4, -0.2) is 42.1 Å². The summed E-state index contributed by atoms with van der Waals surface area (Å²) in [6.07, 6.45) is 3.61. The molecule has 0 aliphatic carbocycles. The highest BCUT2D eigenvalue weighted by Gasteiger charge is 2.19. The van der Waals surface area contributed by atoms with E-state index in [1.165, 1.54) is 0 Å². The first-order valence-corrected chi connectivity index (χ1v) is 9.86. The van der Waals surface area contributed by atoms with Gasteiger partial charge in [0.1, 0.15) is 11.5 Å². The van der Waals surface area contributed by atoms with Crippen LogP contribution >= 0.6 is 0 Å². The fourth-order valence-corrected chi connectivity index (χ4v) is 3.50. The molecule has 1 saturated heterocycles. The first kappa shape index (κ1) is 18.9. The summed E-state index contributed by atoms with van der Waals surface area (Å²) >= 11 is 0. The molecule has 0 bridgehead atoms. The number of nitrogens with zero attached hydrogens (tertiary/aromatic N) is 4. The van der Waals surface area contributed by atoms with Crippen LogP contribution in [0.25, 0.3) is 0 Å². The van der Waals surface area contributed by atoms with Gasteiger partial charge in [0.2, 0.25) is 0 Å². The molecule has 1 N–H and O–H groups in total. The summed E-state index contributed by atoms with van der Waals surface area (Å²) in [5, 5.41) is 2.96. The van der Waals surface area contributed by atoms with Gasteiger partial charge in [-0.1, -0.05) is 18.2 Å². The molecular weight excluding hydrogens is 362 g/mol. The van der Waals surface area contributed by atoms with Gasteiger partial charge in [0.25, 0.3) is 5.91 Å². The number of benzene rings is 1. The average molecular weight is 387 g/mol. The Hall–Kier alpha value is -3.41. The van der Waals surface area contributed by atoms with Gasteiger partial charge in [-0.2, -0.15) is 0 Å². The van der Waals surface area contributed by atoms with Gasteiger partial charge < -0.3 is 15.1 Å². The van der Waals surface area contributed by atoms with Crippen molar-refractivity contribution in [3.63, 3.8) is 0 Å². The standard InChI is InChI=1S/C23H25N5O/c1-17-6-7-18(2)21(15-17)26-23(29)20-9-8-19(16-25-20)27-11-13-28(14-12-27)22-5-3-4-10-24-22/h3-10,15-16H,11-14H2,1-2H3,(H,26,29). The summed E-state index contributed by atoms with van der Waals surface area (Å²) in [4.78, 5) is 26.0. The molecule has 1 aromatic carbocycles. The summed E-state index contributed by atoms with van der Waals surface area (Å²) in [7, 11) is 0. The molecule has 1 aliphatic rings. The number of piperazine rings is 1. The first-order chi connectivity index (χ1) is 14.1. The first-order valence-electron chi connectivity index (χ1n) is 9.86. The second-order valence-electron chi connectivity index (χ2n) is 7.34. The SMILES string of the molecule is Cc1ccc(C)c(NC(=O)c2ccc(N3CCN(c4ccccn4)CC3)cn2)c1. The lowest BCUT2D eigenvalue weighted by atomic mass is 10.1. The van der Waals surface area contributed by atoms with E-state index in [1.807, 2.05) is 62.5 Å². The number of hydrogen-bond donors (Lipinski definition) is 1. The maximum atomic E-state index is 12.6. The van der Waals surface area contributed by atoms with E-state index in [9.17, 15) is 4.79 Å². The number of aromatic nitrogens is 2. The maximum Gasteiger partial charge on any atom is 0.274 e. The molecular formula is C23H25N5O. The topological polar surface area (TPSA) is 61.4 Å². The Labute approximate surface area is 171 Å². The lowest BCUT2D eigenvalue weighted by molar-refractivity contribution is 0.102. The molecule has 6 nitrogen and oxygen atoms in total. The predicted octanol–water partition coefficient (Wildman–Crippen LogP) is 3.67. The van der Waals surface area contributed by atoms with Crippen molar-refractivity contribution in [2.75, 3.05) is 41.3 Å². The summed E-state index contributed by atoms with van der Waals surface area (Å²) < 4.78 is 0. The van der Waals surface area contributed by atoms with E-state index < -0.39 is 0 Å². The molecule has 0 spiro atoms. The number of pyridine rings is 2. The lowest BCUT2D eigenvalue weighted by Gasteiger charge is -2.36. The Bertz CT molecular complexity index is 980. The number of carbonyl (C=O) groups is 1. The Kier molecular flexibility index (Phi) is 5.42.